The summed E-state index contributed by atoms with van der Waals surface area (Å²) >= 11 is 5.61. The molecule has 2 rings (SSSR count). The van der Waals surface area contributed by atoms with Crippen LogP contribution in [0.15, 0.2) is 18.2 Å². The van der Waals surface area contributed by atoms with Gasteiger partial charge in [-0.1, -0.05) is 23.7 Å². The van der Waals surface area contributed by atoms with Gasteiger partial charge in [-0.05, 0) is 30.4 Å². The Labute approximate surface area is 70.0 Å². The van der Waals surface area contributed by atoms with E-state index in [4.69, 9.17) is 11.6 Å². The molecule has 0 aliphatic heterocycles. The molecule has 1 saturated carbocycles. The Balaban J connectivity index is 2.45. The monoisotopic (exact) mass is 170 g/mol. The van der Waals surface area contributed by atoms with Crippen LogP contribution in [0.4, 0.5) is 4.39 Å². The highest BCUT2D eigenvalue weighted by atomic mass is 35.5. The molecule has 1 aromatic carbocycles. The molecule has 0 unspecified atom stereocenters. The predicted molar refractivity (Wildman–Crippen MR) is 43.4 cm³/mol. The van der Waals surface area contributed by atoms with Crippen LogP contribution >= 0.6 is 11.6 Å². The molecule has 0 aromatic heterocycles. The molecule has 0 saturated heterocycles. The lowest BCUT2D eigenvalue weighted by molar-refractivity contribution is 0.611. The third-order valence-corrected chi connectivity index (χ3v) is 2.29. The summed E-state index contributed by atoms with van der Waals surface area (Å²) in [7, 11) is 0. The summed E-state index contributed by atoms with van der Waals surface area (Å²) in [5.41, 5.74) is 0.789. The van der Waals surface area contributed by atoms with Crippen LogP contribution in [0, 0.1) is 5.82 Å². The Morgan fingerprint density at radius 3 is 2.73 bits per heavy atom. The van der Waals surface area contributed by atoms with Gasteiger partial charge in [0.15, 0.2) is 0 Å². The van der Waals surface area contributed by atoms with Crippen molar-refractivity contribution in [3.05, 3.63) is 34.6 Å². The molecule has 0 N–H and O–H groups in total. The molecule has 0 radical (unpaired) electrons. The maximum Gasteiger partial charge on any atom is 0.145 e. The van der Waals surface area contributed by atoms with Crippen LogP contribution in [0.1, 0.15) is 24.3 Å². The first kappa shape index (κ1) is 7.11. The molecule has 1 aliphatic rings. The quantitative estimate of drug-likeness (QED) is 0.607. The van der Waals surface area contributed by atoms with Crippen molar-refractivity contribution in [2.45, 2.75) is 18.8 Å². The summed E-state index contributed by atoms with van der Waals surface area (Å²) in [6, 6.07) is 5.21. The van der Waals surface area contributed by atoms with E-state index < -0.39 is 0 Å². The minimum absolute atomic E-state index is 0.225. The second-order valence-corrected chi connectivity index (χ2v) is 3.32. The summed E-state index contributed by atoms with van der Waals surface area (Å²) in [4.78, 5) is 0. The number of hydrogen-bond donors (Lipinski definition) is 0. The first-order valence-corrected chi connectivity index (χ1v) is 4.11. The van der Waals surface area contributed by atoms with Crippen molar-refractivity contribution in [3.8, 4) is 0 Å². The summed E-state index contributed by atoms with van der Waals surface area (Å²) in [6.45, 7) is 0. The van der Waals surface area contributed by atoms with E-state index in [1.54, 1.807) is 12.1 Å². The summed E-state index contributed by atoms with van der Waals surface area (Å²) < 4.78 is 13.2. The molecule has 0 atom stereocenters. The highest BCUT2D eigenvalue weighted by Gasteiger charge is 2.26. The smallest absolute Gasteiger partial charge is 0.145 e. The van der Waals surface area contributed by atoms with E-state index in [1.807, 2.05) is 6.07 Å². The molecular weight excluding hydrogens is 163 g/mol. The maximum absolute atomic E-state index is 13.2. The van der Waals surface area contributed by atoms with Crippen LogP contribution in [-0.4, -0.2) is 0 Å². The van der Waals surface area contributed by atoms with Crippen molar-refractivity contribution in [1.82, 2.24) is 0 Å². The molecule has 0 bridgehead atoms. The molecule has 0 heterocycles. The van der Waals surface area contributed by atoms with Crippen LogP contribution < -0.4 is 0 Å². The lowest BCUT2D eigenvalue weighted by Gasteiger charge is -2.00. The second kappa shape index (κ2) is 2.49. The first-order valence-electron chi connectivity index (χ1n) is 3.73. The summed E-state index contributed by atoms with van der Waals surface area (Å²) in [5, 5.41) is 0.245. The summed E-state index contributed by atoms with van der Waals surface area (Å²) in [5.74, 6) is 0.213. The highest BCUT2D eigenvalue weighted by Crippen LogP contribution is 2.42. The van der Waals surface area contributed by atoms with Gasteiger partial charge in [0.1, 0.15) is 5.82 Å². The zero-order valence-corrected chi connectivity index (χ0v) is 6.74. The van der Waals surface area contributed by atoms with Gasteiger partial charge >= 0.3 is 0 Å². The van der Waals surface area contributed by atoms with Crippen molar-refractivity contribution in [2.75, 3.05) is 0 Å². The van der Waals surface area contributed by atoms with E-state index >= 15 is 0 Å². The minimum atomic E-state index is -0.225. The fourth-order valence-electron chi connectivity index (χ4n) is 1.23. The average molecular weight is 171 g/mol. The van der Waals surface area contributed by atoms with Gasteiger partial charge in [0.25, 0.3) is 0 Å². The average Bonchev–Trinajstić information content (AvgIpc) is 2.77. The highest BCUT2D eigenvalue weighted by molar-refractivity contribution is 6.30. The Morgan fingerprint density at radius 2 is 2.09 bits per heavy atom. The standard InChI is InChI=1S/C9H8ClF/c10-8-3-1-2-7(9(8)11)6-4-5-6/h1-3,6H,4-5H2. The largest absolute Gasteiger partial charge is 0.205 e. The zero-order valence-electron chi connectivity index (χ0n) is 5.98. The van der Waals surface area contributed by atoms with Gasteiger partial charge < -0.3 is 0 Å². The second-order valence-electron chi connectivity index (χ2n) is 2.92. The van der Waals surface area contributed by atoms with Crippen molar-refractivity contribution >= 4 is 11.6 Å². The third-order valence-electron chi connectivity index (χ3n) is 2.00. The van der Waals surface area contributed by atoms with Crippen molar-refractivity contribution in [1.29, 1.82) is 0 Å². The molecule has 0 amide bonds. The Kier molecular flexibility index (Phi) is 1.61. The molecule has 0 spiro atoms. The van der Waals surface area contributed by atoms with Gasteiger partial charge in [0.05, 0.1) is 5.02 Å². The maximum atomic E-state index is 13.2. The molecule has 58 valence electrons. The van der Waals surface area contributed by atoms with E-state index in [1.165, 1.54) is 0 Å². The van der Waals surface area contributed by atoms with Gasteiger partial charge in [-0.25, -0.2) is 4.39 Å². The first-order chi connectivity index (χ1) is 5.29. The predicted octanol–water partition coefficient (Wildman–Crippen LogP) is 3.36. The molecule has 1 aliphatic carbocycles. The lowest BCUT2D eigenvalue weighted by atomic mass is 10.1. The number of rotatable bonds is 1. The number of hydrogen-bond acceptors (Lipinski definition) is 0. The molecule has 2 heteroatoms. The van der Waals surface area contributed by atoms with Crippen molar-refractivity contribution in [2.24, 2.45) is 0 Å². The van der Waals surface area contributed by atoms with Crippen molar-refractivity contribution in [3.63, 3.8) is 0 Å². The number of halogens is 2. The van der Waals surface area contributed by atoms with Crippen LogP contribution in [0.2, 0.25) is 5.02 Å². The van der Waals surface area contributed by atoms with Gasteiger partial charge in [0, 0.05) is 0 Å². The zero-order chi connectivity index (χ0) is 7.84. The molecule has 11 heavy (non-hydrogen) atoms. The van der Waals surface area contributed by atoms with E-state index in [-0.39, 0.29) is 10.8 Å². The summed E-state index contributed by atoms with van der Waals surface area (Å²) in [6.07, 6.45) is 2.22. The van der Waals surface area contributed by atoms with Crippen LogP contribution in [0.3, 0.4) is 0 Å². The number of benzene rings is 1. The molecule has 1 fully saturated rings. The van der Waals surface area contributed by atoms with E-state index in [0.29, 0.717) is 5.92 Å². The van der Waals surface area contributed by atoms with Crippen LogP contribution in [0.25, 0.3) is 0 Å². The van der Waals surface area contributed by atoms with Gasteiger partial charge in [-0.15, -0.1) is 0 Å². The van der Waals surface area contributed by atoms with E-state index in [2.05, 4.69) is 0 Å². The van der Waals surface area contributed by atoms with Crippen molar-refractivity contribution < 1.29 is 4.39 Å². The lowest BCUT2D eigenvalue weighted by Crippen LogP contribution is -1.86. The molecular formula is C9H8ClF. The van der Waals surface area contributed by atoms with Gasteiger partial charge in [-0.2, -0.15) is 0 Å². The Bertz CT molecular complexity index is 279. The van der Waals surface area contributed by atoms with Crippen LogP contribution in [0.5, 0.6) is 0 Å². The van der Waals surface area contributed by atoms with E-state index in [9.17, 15) is 4.39 Å². The van der Waals surface area contributed by atoms with Gasteiger partial charge in [0.2, 0.25) is 0 Å². The third kappa shape index (κ3) is 1.25. The fourth-order valence-corrected chi connectivity index (χ4v) is 1.41. The molecule has 1 aromatic rings. The SMILES string of the molecule is Fc1c(Cl)cccc1C1CC1. The minimum Gasteiger partial charge on any atom is -0.205 e. The van der Waals surface area contributed by atoms with E-state index in [0.717, 1.165) is 18.4 Å². The van der Waals surface area contributed by atoms with Crippen LogP contribution in [-0.2, 0) is 0 Å². The Morgan fingerprint density at radius 1 is 1.36 bits per heavy atom. The normalized spacial score (nSPS) is 16.9. The Hall–Kier alpha value is -0.560. The molecule has 0 nitrogen and oxygen atoms in total. The van der Waals surface area contributed by atoms with Gasteiger partial charge in [-0.3, -0.25) is 0 Å². The fraction of sp³-hybridized carbons (Fsp3) is 0.333. The topological polar surface area (TPSA) is 0 Å².